The van der Waals surface area contributed by atoms with Crippen molar-refractivity contribution in [3.8, 4) is 11.3 Å². The highest BCUT2D eigenvalue weighted by Crippen LogP contribution is 2.25. The van der Waals surface area contributed by atoms with Gasteiger partial charge in [0.15, 0.2) is 10.9 Å². The van der Waals surface area contributed by atoms with Crippen LogP contribution in [-0.2, 0) is 0 Å². The van der Waals surface area contributed by atoms with Gasteiger partial charge in [-0.1, -0.05) is 27.7 Å². The van der Waals surface area contributed by atoms with Crippen molar-refractivity contribution in [3.63, 3.8) is 0 Å². The van der Waals surface area contributed by atoms with Gasteiger partial charge in [-0.3, -0.25) is 9.78 Å². The highest BCUT2D eigenvalue weighted by Gasteiger charge is 2.10. The Morgan fingerprint density at radius 2 is 2.18 bits per heavy atom. The van der Waals surface area contributed by atoms with E-state index in [1.54, 1.807) is 18.2 Å². The summed E-state index contributed by atoms with van der Waals surface area (Å²) in [6.07, 6.45) is 1.81. The zero-order chi connectivity index (χ0) is 12.4. The number of nitrogens with two attached hydrogens (primary N) is 1. The van der Waals surface area contributed by atoms with E-state index in [0.717, 1.165) is 4.47 Å². The minimum absolute atomic E-state index is 0.224. The zero-order valence-corrected chi connectivity index (χ0v) is 11.3. The Kier molecular flexibility index (Phi) is 3.49. The lowest BCUT2D eigenvalue weighted by molar-refractivity contribution is 0.826. The fraction of sp³-hybridized carbons (Fsp3) is 0.100. The molecule has 1 aromatic heterocycles. The second-order valence-corrected chi connectivity index (χ2v) is 4.95. The number of nitrogens with zero attached hydrogens (tertiary/aromatic N) is 2. The number of hydrogen-bond acceptors (Lipinski definition) is 5. The molecule has 17 heavy (non-hydrogen) atoms. The van der Waals surface area contributed by atoms with Crippen LogP contribution in [0.5, 0.6) is 0 Å². The maximum atomic E-state index is 11.8. The van der Waals surface area contributed by atoms with Gasteiger partial charge in [-0.2, -0.15) is 0 Å². The predicted molar refractivity (Wildman–Crippen MR) is 72.0 cm³/mol. The lowest BCUT2D eigenvalue weighted by Crippen LogP contribution is -2.14. The van der Waals surface area contributed by atoms with E-state index in [0.29, 0.717) is 16.4 Å². The summed E-state index contributed by atoms with van der Waals surface area (Å²) in [6.45, 7) is 0. The van der Waals surface area contributed by atoms with Gasteiger partial charge in [0.05, 0.1) is 0 Å². The molecular weight excluding hydrogens is 304 g/mol. The monoisotopic (exact) mass is 312 g/mol. The van der Waals surface area contributed by atoms with Crippen LogP contribution in [0, 0.1) is 0 Å². The number of benzene rings is 1. The Balaban J connectivity index is 2.61. The van der Waals surface area contributed by atoms with Crippen LogP contribution >= 0.6 is 27.7 Å². The van der Waals surface area contributed by atoms with Crippen molar-refractivity contribution >= 4 is 33.4 Å². The van der Waals surface area contributed by atoms with E-state index < -0.39 is 0 Å². The maximum Gasteiger partial charge on any atom is 0.278 e. The number of hydrogen-bond donors (Lipinski definition) is 2. The second kappa shape index (κ2) is 4.89. The van der Waals surface area contributed by atoms with Crippen LogP contribution in [0.1, 0.15) is 0 Å². The molecule has 0 bridgehead atoms. The Labute approximate surface area is 110 Å². The summed E-state index contributed by atoms with van der Waals surface area (Å²) in [4.78, 5) is 14.5. The van der Waals surface area contributed by atoms with E-state index in [1.165, 1.54) is 11.8 Å². The topological polar surface area (TPSA) is 84.7 Å². The molecule has 0 aliphatic rings. The number of aromatic nitrogens is 3. The molecule has 88 valence electrons. The van der Waals surface area contributed by atoms with Crippen LogP contribution in [0.15, 0.2) is 32.6 Å². The predicted octanol–water partition coefficient (Wildman–Crippen LogP) is 1.90. The molecule has 0 saturated heterocycles. The molecule has 0 atom stereocenters. The zero-order valence-electron chi connectivity index (χ0n) is 8.90. The molecule has 0 radical (unpaired) electrons. The number of rotatable bonds is 2. The van der Waals surface area contributed by atoms with E-state index in [-0.39, 0.29) is 11.3 Å². The van der Waals surface area contributed by atoms with Crippen molar-refractivity contribution in [2.45, 2.75) is 5.16 Å². The van der Waals surface area contributed by atoms with Crippen LogP contribution in [-0.4, -0.2) is 21.4 Å². The molecule has 0 fully saturated rings. The minimum Gasteiger partial charge on any atom is -0.398 e. The van der Waals surface area contributed by atoms with Crippen molar-refractivity contribution in [2.24, 2.45) is 0 Å². The van der Waals surface area contributed by atoms with Gasteiger partial charge < -0.3 is 5.73 Å². The lowest BCUT2D eigenvalue weighted by atomic mass is 10.1. The van der Waals surface area contributed by atoms with Crippen molar-refractivity contribution in [1.29, 1.82) is 0 Å². The first-order chi connectivity index (χ1) is 8.11. The number of anilines is 1. The fourth-order valence-corrected chi connectivity index (χ4v) is 2.00. The Morgan fingerprint density at radius 1 is 1.41 bits per heavy atom. The molecular formula is C10H9BrN4OS. The number of halogens is 1. The summed E-state index contributed by atoms with van der Waals surface area (Å²) in [5.41, 5.74) is 6.80. The first-order valence-corrected chi connectivity index (χ1v) is 6.70. The number of nitrogens with one attached hydrogen (secondary N) is 1. The molecule has 1 aromatic carbocycles. The molecule has 7 heteroatoms. The molecule has 0 aliphatic carbocycles. The Morgan fingerprint density at radius 3 is 2.82 bits per heavy atom. The number of thioether (sulfide) groups is 1. The Bertz CT molecular complexity index is 613. The van der Waals surface area contributed by atoms with E-state index in [9.17, 15) is 4.79 Å². The Hall–Kier alpha value is -1.34. The number of aromatic amines is 1. The highest BCUT2D eigenvalue weighted by atomic mass is 79.9. The van der Waals surface area contributed by atoms with Gasteiger partial charge in [0.2, 0.25) is 0 Å². The van der Waals surface area contributed by atoms with Gasteiger partial charge in [0.1, 0.15) is 0 Å². The molecule has 0 spiro atoms. The van der Waals surface area contributed by atoms with Crippen molar-refractivity contribution < 1.29 is 0 Å². The summed E-state index contributed by atoms with van der Waals surface area (Å²) >= 11 is 4.65. The van der Waals surface area contributed by atoms with E-state index >= 15 is 0 Å². The van der Waals surface area contributed by atoms with Gasteiger partial charge in [-0.25, -0.2) is 0 Å². The standard InChI is InChI=1S/C10H9BrN4OS/c1-17-10-13-9(16)8(14-15-10)6-4-5(11)2-3-7(6)12/h2-4H,12H2,1H3,(H,13,15,16). The number of H-pyrrole nitrogens is 1. The minimum atomic E-state index is -0.297. The van der Waals surface area contributed by atoms with Crippen LogP contribution in [0.2, 0.25) is 0 Å². The average molecular weight is 313 g/mol. The molecule has 0 unspecified atom stereocenters. The molecule has 2 aromatic rings. The molecule has 3 N–H and O–H groups in total. The van der Waals surface area contributed by atoms with Crippen molar-refractivity contribution in [1.82, 2.24) is 15.2 Å². The smallest absolute Gasteiger partial charge is 0.278 e. The second-order valence-electron chi connectivity index (χ2n) is 3.24. The molecule has 0 saturated carbocycles. The summed E-state index contributed by atoms with van der Waals surface area (Å²) in [5.74, 6) is 0. The highest BCUT2D eigenvalue weighted by molar-refractivity contribution is 9.10. The first-order valence-electron chi connectivity index (χ1n) is 4.68. The molecule has 0 amide bonds. The molecule has 0 aliphatic heterocycles. The van der Waals surface area contributed by atoms with Gasteiger partial charge >= 0.3 is 0 Å². The average Bonchev–Trinajstić information content (AvgIpc) is 2.32. The molecule has 5 nitrogen and oxygen atoms in total. The first kappa shape index (κ1) is 12.1. The largest absolute Gasteiger partial charge is 0.398 e. The summed E-state index contributed by atoms with van der Waals surface area (Å²) in [5, 5.41) is 8.28. The van der Waals surface area contributed by atoms with Gasteiger partial charge in [-0.05, 0) is 24.5 Å². The quantitative estimate of drug-likeness (QED) is 0.653. The summed E-state index contributed by atoms with van der Waals surface area (Å²) in [7, 11) is 0. The third-order valence-corrected chi connectivity index (χ3v) is 3.20. The third-order valence-electron chi connectivity index (χ3n) is 2.14. The lowest BCUT2D eigenvalue weighted by Gasteiger charge is -2.04. The van der Waals surface area contributed by atoms with Crippen LogP contribution in [0.4, 0.5) is 5.69 Å². The van der Waals surface area contributed by atoms with Crippen LogP contribution < -0.4 is 11.3 Å². The summed E-state index contributed by atoms with van der Waals surface area (Å²) < 4.78 is 0.830. The van der Waals surface area contributed by atoms with E-state index in [1.807, 2.05) is 6.26 Å². The van der Waals surface area contributed by atoms with Gasteiger partial charge in [0.25, 0.3) is 5.56 Å². The van der Waals surface area contributed by atoms with E-state index in [2.05, 4.69) is 31.1 Å². The number of nitrogen functional groups attached to an aromatic ring is 1. The van der Waals surface area contributed by atoms with Crippen molar-refractivity contribution in [3.05, 3.63) is 33.0 Å². The van der Waals surface area contributed by atoms with Crippen molar-refractivity contribution in [2.75, 3.05) is 12.0 Å². The maximum absolute atomic E-state index is 11.8. The third kappa shape index (κ3) is 2.50. The summed E-state index contributed by atoms with van der Waals surface area (Å²) in [6, 6.07) is 5.26. The van der Waals surface area contributed by atoms with Crippen LogP contribution in [0.25, 0.3) is 11.3 Å². The molecule has 1 heterocycles. The normalized spacial score (nSPS) is 10.5. The van der Waals surface area contributed by atoms with Crippen LogP contribution in [0.3, 0.4) is 0 Å². The SMILES string of the molecule is CSc1nnc(-c2cc(Br)ccc2N)c(=O)[nH]1. The van der Waals surface area contributed by atoms with Gasteiger partial charge in [0, 0.05) is 15.7 Å². The molecule has 2 rings (SSSR count). The van der Waals surface area contributed by atoms with Gasteiger partial charge in [-0.15, -0.1) is 10.2 Å². The fourth-order valence-electron chi connectivity index (χ4n) is 1.32. The van der Waals surface area contributed by atoms with E-state index in [4.69, 9.17) is 5.73 Å².